The van der Waals surface area contributed by atoms with Crippen molar-refractivity contribution in [3.05, 3.63) is 77.6 Å². The van der Waals surface area contributed by atoms with Crippen molar-refractivity contribution in [3.63, 3.8) is 0 Å². The lowest BCUT2D eigenvalue weighted by atomic mass is 9.74. The van der Waals surface area contributed by atoms with E-state index in [2.05, 4.69) is 27.5 Å². The number of fused-ring (bicyclic) bond motifs is 7. The number of carbonyl (C=O) groups is 4. The van der Waals surface area contributed by atoms with E-state index < -0.39 is 59.4 Å². The second-order valence-electron chi connectivity index (χ2n) is 21.2. The molecule has 6 bridgehead atoms. The molecule has 3 amide bonds. The zero-order valence-electron chi connectivity index (χ0n) is 43.1. The summed E-state index contributed by atoms with van der Waals surface area (Å²) in [6.07, 6.45) is -2.66. The number of hydrogen-bond donors (Lipinski definition) is 2. The molecule has 14 nitrogen and oxygen atoms in total. The van der Waals surface area contributed by atoms with Crippen LogP contribution in [0, 0.1) is 29.1 Å². The first kappa shape index (κ1) is 54.0. The Morgan fingerprint density at radius 2 is 1.79 bits per heavy atom. The normalized spacial score (nSPS) is 19.9. The van der Waals surface area contributed by atoms with Gasteiger partial charge in [-0.25, -0.2) is 0 Å². The number of hydrazine groups is 1. The summed E-state index contributed by atoms with van der Waals surface area (Å²) in [5.74, 6) is 2.65. The predicted molar refractivity (Wildman–Crippen MR) is 270 cm³/mol. The zero-order chi connectivity index (χ0) is 52.3. The number of cyclic esters (lactones) is 1. The van der Waals surface area contributed by atoms with Gasteiger partial charge in [0.05, 0.1) is 48.3 Å². The van der Waals surface area contributed by atoms with Crippen LogP contribution in [0.2, 0.25) is 5.82 Å². The number of likely N-dealkylation sites (tertiary alicyclic amines) is 1. The Bertz CT molecular complexity index is 2710. The fourth-order valence-electron chi connectivity index (χ4n) is 9.25. The molecule has 2 fully saturated rings. The van der Waals surface area contributed by atoms with Gasteiger partial charge in [0.2, 0.25) is 13.3 Å². The van der Waals surface area contributed by atoms with Crippen molar-refractivity contribution >= 4 is 42.0 Å². The minimum absolute atomic E-state index is 0.0451. The average molecular weight is 995 g/mol. The highest BCUT2D eigenvalue weighted by Crippen LogP contribution is 2.43. The SMILES string of the molecule is CO[C@@H](C)c1ncccc1-c1c2c3cc(ccc3n1CC(F)(F)F)-c1cccc(c1)CC(NC(=O)[C@@H](COC1CN(C(=O)C#CC(C)(C)N(C)C)C1)C(C)C)C(=O)N1CCC[C@H]([B]N1)C(=O)OCC(C)(C)C2. The first-order chi connectivity index (χ1) is 33.9. The number of amides is 3. The van der Waals surface area contributed by atoms with E-state index in [-0.39, 0.29) is 56.4 Å². The van der Waals surface area contributed by atoms with Gasteiger partial charge in [-0.05, 0) is 112 Å². The number of hydrogen-bond acceptors (Lipinski definition) is 10. The number of pyridine rings is 1. The van der Waals surface area contributed by atoms with Crippen LogP contribution in [-0.4, -0.2) is 133 Å². The number of aromatic nitrogens is 2. The third-order valence-electron chi connectivity index (χ3n) is 14.2. The molecule has 3 aliphatic heterocycles. The molecular formula is C54H68BF3N7O7. The lowest BCUT2D eigenvalue weighted by Gasteiger charge is -2.38. The standard InChI is InChI=1S/C54H68BF3N7O7/c1-33(2)42(30-71-38-28-63(29-38)46(66)20-21-53(6,7)62(8)9)49(67)60-44-25-35-14-11-15-36(24-35)37-18-19-45-40(26-37)41(27-52(4,5)32-72-51(69)43-17-13-23-65(50(44)68)61-55-43)48(64(45)31-54(56,57)58)39-16-12-22-59-47(39)34(3)70-10/h11-12,14-16,18-19,22,24,26,33-34,38,42-44,61H,13,17,23,25,27-32H2,1-10H3,(H,60,67)/t34-,42-,43-,44?/m0/s1. The maximum atomic E-state index is 14.7. The van der Waals surface area contributed by atoms with E-state index in [1.807, 2.05) is 90.9 Å². The van der Waals surface area contributed by atoms with Gasteiger partial charge < -0.3 is 29.0 Å². The Kier molecular flexibility index (Phi) is 16.6. The molecule has 1 radical (unpaired) electrons. The summed E-state index contributed by atoms with van der Waals surface area (Å²) >= 11 is 0. The molecule has 7 rings (SSSR count). The third kappa shape index (κ3) is 12.7. The first-order valence-electron chi connectivity index (χ1n) is 24.7. The van der Waals surface area contributed by atoms with Crippen LogP contribution in [0.25, 0.3) is 33.3 Å². The topological polar surface area (TPSA) is 148 Å². The number of halogens is 3. The lowest BCUT2D eigenvalue weighted by molar-refractivity contribution is -0.147. The molecule has 385 valence electrons. The van der Waals surface area contributed by atoms with Gasteiger partial charge in [-0.3, -0.25) is 39.4 Å². The third-order valence-corrected chi connectivity index (χ3v) is 14.2. The van der Waals surface area contributed by atoms with Crippen molar-refractivity contribution in [3.8, 4) is 34.2 Å². The molecule has 2 aromatic carbocycles. The Morgan fingerprint density at radius 1 is 1.06 bits per heavy atom. The van der Waals surface area contributed by atoms with Crippen LogP contribution in [0.5, 0.6) is 0 Å². The molecule has 72 heavy (non-hydrogen) atoms. The second-order valence-corrected chi connectivity index (χ2v) is 21.2. The summed E-state index contributed by atoms with van der Waals surface area (Å²) in [6.45, 7) is 13.0. The highest BCUT2D eigenvalue weighted by Gasteiger charge is 2.38. The van der Waals surface area contributed by atoms with Crippen molar-refractivity contribution in [2.45, 2.75) is 116 Å². The molecule has 5 heterocycles. The maximum Gasteiger partial charge on any atom is 0.406 e. The predicted octanol–water partition coefficient (Wildman–Crippen LogP) is 7.17. The Morgan fingerprint density at radius 3 is 2.49 bits per heavy atom. The van der Waals surface area contributed by atoms with Gasteiger partial charge in [-0.15, -0.1) is 0 Å². The van der Waals surface area contributed by atoms with Crippen LogP contribution < -0.4 is 10.7 Å². The van der Waals surface area contributed by atoms with E-state index in [1.165, 1.54) is 16.7 Å². The van der Waals surface area contributed by atoms with Gasteiger partial charge >= 0.3 is 12.1 Å². The van der Waals surface area contributed by atoms with E-state index in [9.17, 15) is 32.3 Å². The molecule has 3 aliphatic rings. The molecular weight excluding hydrogens is 926 g/mol. The molecule has 0 aliphatic carbocycles. The Hall–Kier alpha value is -5.74. The van der Waals surface area contributed by atoms with Crippen molar-refractivity contribution in [2.24, 2.45) is 17.3 Å². The van der Waals surface area contributed by atoms with Crippen molar-refractivity contribution < 1.29 is 46.6 Å². The van der Waals surface area contributed by atoms with Crippen LogP contribution in [0.4, 0.5) is 13.2 Å². The van der Waals surface area contributed by atoms with E-state index in [4.69, 9.17) is 14.2 Å². The Labute approximate surface area is 421 Å². The summed E-state index contributed by atoms with van der Waals surface area (Å²) in [5.41, 5.74) is 3.29. The number of ether oxygens (including phenoxy) is 3. The Balaban J connectivity index is 1.24. The largest absolute Gasteiger partial charge is 0.465 e. The molecule has 2 N–H and O–H groups in total. The van der Waals surface area contributed by atoms with Gasteiger partial charge in [-0.2, -0.15) is 13.2 Å². The number of nitrogens with one attached hydrogen (secondary N) is 2. The molecule has 18 heteroatoms. The summed E-state index contributed by atoms with van der Waals surface area (Å²) in [5, 5.41) is 8.15. The summed E-state index contributed by atoms with van der Waals surface area (Å²) in [7, 11) is 6.87. The number of benzene rings is 2. The average Bonchev–Trinajstić information content (AvgIpc) is 3.42. The molecule has 2 saturated heterocycles. The fourth-order valence-corrected chi connectivity index (χ4v) is 9.25. The number of alkyl halides is 3. The van der Waals surface area contributed by atoms with Crippen molar-refractivity contribution in [2.75, 3.05) is 54.1 Å². The quantitative estimate of drug-likeness (QED) is 0.0901. The number of methoxy groups -OCH3 is 1. The molecule has 0 spiro atoms. The zero-order valence-corrected chi connectivity index (χ0v) is 43.1. The van der Waals surface area contributed by atoms with Crippen LogP contribution in [0.15, 0.2) is 60.8 Å². The van der Waals surface area contributed by atoms with E-state index in [0.29, 0.717) is 59.3 Å². The van der Waals surface area contributed by atoms with Gasteiger partial charge in [0.15, 0.2) is 0 Å². The van der Waals surface area contributed by atoms with Gasteiger partial charge in [0.1, 0.15) is 12.6 Å². The number of rotatable bonds is 11. The highest BCUT2D eigenvalue weighted by atomic mass is 19.4. The van der Waals surface area contributed by atoms with E-state index in [0.717, 1.165) is 16.7 Å². The molecule has 4 atom stereocenters. The van der Waals surface area contributed by atoms with Crippen LogP contribution >= 0.6 is 0 Å². The number of nitrogens with zero attached hydrogens (tertiary/aromatic N) is 5. The van der Waals surface area contributed by atoms with Crippen molar-refractivity contribution in [1.82, 2.24) is 35.0 Å². The molecule has 1 unspecified atom stereocenters. The summed E-state index contributed by atoms with van der Waals surface area (Å²) in [4.78, 5) is 63.8. The highest BCUT2D eigenvalue weighted by molar-refractivity contribution is 6.41. The van der Waals surface area contributed by atoms with Crippen LogP contribution in [-0.2, 0) is 52.8 Å². The van der Waals surface area contributed by atoms with Crippen LogP contribution in [0.3, 0.4) is 0 Å². The minimum Gasteiger partial charge on any atom is -0.465 e. The minimum atomic E-state index is -4.58. The monoisotopic (exact) mass is 995 g/mol. The smallest absolute Gasteiger partial charge is 0.406 e. The fraction of sp³-hybridized carbons (Fsp3) is 0.537. The molecule has 2 aromatic heterocycles. The van der Waals surface area contributed by atoms with E-state index in [1.54, 1.807) is 49.7 Å². The van der Waals surface area contributed by atoms with Crippen LogP contribution in [0.1, 0.15) is 84.2 Å². The van der Waals surface area contributed by atoms with Gasteiger partial charge in [-0.1, -0.05) is 63.9 Å². The summed E-state index contributed by atoms with van der Waals surface area (Å²) < 4.78 is 63.4. The summed E-state index contributed by atoms with van der Waals surface area (Å²) in [6, 6.07) is 15.4. The second kappa shape index (κ2) is 22.2. The first-order valence-corrected chi connectivity index (χ1v) is 24.7. The maximum absolute atomic E-state index is 14.7. The molecule has 0 saturated carbocycles. The van der Waals surface area contributed by atoms with Gasteiger partial charge in [0, 0.05) is 67.1 Å². The van der Waals surface area contributed by atoms with Gasteiger partial charge in [0.25, 0.3) is 11.8 Å². The molecule has 4 aromatic rings. The lowest BCUT2D eigenvalue weighted by Crippen LogP contribution is -2.57. The van der Waals surface area contributed by atoms with E-state index >= 15 is 0 Å². The number of esters is 1. The van der Waals surface area contributed by atoms with Crippen molar-refractivity contribution in [1.29, 1.82) is 0 Å². The number of carbonyl (C=O) groups excluding carboxylic acids is 4.